The van der Waals surface area contributed by atoms with Crippen molar-refractivity contribution >= 4 is 11.6 Å². The maximum absolute atomic E-state index is 11.8. The molecule has 1 amide bonds. The fourth-order valence-electron chi connectivity index (χ4n) is 1.48. The summed E-state index contributed by atoms with van der Waals surface area (Å²) in [6.45, 7) is 1.72. The van der Waals surface area contributed by atoms with Gasteiger partial charge >= 0.3 is 5.69 Å². The minimum absolute atomic E-state index is 0.0391. The first-order valence-corrected chi connectivity index (χ1v) is 5.40. The molecule has 19 heavy (non-hydrogen) atoms. The van der Waals surface area contributed by atoms with Crippen molar-refractivity contribution in [3.63, 3.8) is 0 Å². The van der Waals surface area contributed by atoms with E-state index in [1.807, 2.05) is 4.98 Å². The number of nitrogens with one attached hydrogen (secondary N) is 3. The summed E-state index contributed by atoms with van der Waals surface area (Å²) >= 11 is 0. The summed E-state index contributed by atoms with van der Waals surface area (Å²) in [5.41, 5.74) is -0.560. The smallest absolute Gasteiger partial charge is 0.326 e. The highest BCUT2D eigenvalue weighted by Gasteiger charge is 2.09. The lowest BCUT2D eigenvalue weighted by atomic mass is 10.2. The van der Waals surface area contributed by atoms with Crippen molar-refractivity contribution < 1.29 is 9.90 Å². The molecular weight excluding hydrogens is 250 g/mol. The molecule has 0 spiro atoms. The molecule has 0 bridgehead atoms. The lowest BCUT2D eigenvalue weighted by molar-refractivity contribution is 0.102. The Morgan fingerprint density at radius 3 is 2.58 bits per heavy atom. The van der Waals surface area contributed by atoms with E-state index in [-0.39, 0.29) is 11.4 Å². The number of phenolic OH excluding ortho intramolecular Hbond substituents is 1. The van der Waals surface area contributed by atoms with E-state index in [0.29, 0.717) is 11.3 Å². The molecule has 7 nitrogen and oxygen atoms in total. The molecule has 4 N–H and O–H groups in total. The quantitative estimate of drug-likeness (QED) is 0.623. The highest BCUT2D eigenvalue weighted by Crippen LogP contribution is 2.20. The summed E-state index contributed by atoms with van der Waals surface area (Å²) < 4.78 is 0. The van der Waals surface area contributed by atoms with Crippen LogP contribution in [0.2, 0.25) is 0 Å². The minimum Gasteiger partial charge on any atom is -0.508 e. The van der Waals surface area contributed by atoms with Gasteiger partial charge < -0.3 is 15.4 Å². The Morgan fingerprint density at radius 2 is 1.95 bits per heavy atom. The van der Waals surface area contributed by atoms with Gasteiger partial charge in [0.1, 0.15) is 11.4 Å². The average molecular weight is 261 g/mol. The number of phenols is 1. The van der Waals surface area contributed by atoms with E-state index in [2.05, 4.69) is 10.3 Å². The summed E-state index contributed by atoms with van der Waals surface area (Å²) in [6, 6.07) is 5.58. The van der Waals surface area contributed by atoms with Crippen molar-refractivity contribution in [3.05, 3.63) is 56.4 Å². The number of hydrogen-bond donors (Lipinski definition) is 4. The van der Waals surface area contributed by atoms with Crippen LogP contribution in [-0.2, 0) is 0 Å². The number of aromatic amines is 2. The van der Waals surface area contributed by atoms with Crippen LogP contribution in [0.4, 0.5) is 5.69 Å². The van der Waals surface area contributed by atoms with Crippen LogP contribution in [-0.4, -0.2) is 21.0 Å². The molecule has 1 heterocycles. The lowest BCUT2D eigenvalue weighted by Crippen LogP contribution is -2.27. The van der Waals surface area contributed by atoms with Crippen molar-refractivity contribution in [2.75, 3.05) is 5.32 Å². The van der Waals surface area contributed by atoms with E-state index in [1.165, 1.54) is 6.07 Å². The van der Waals surface area contributed by atoms with E-state index in [4.69, 9.17) is 0 Å². The number of anilines is 1. The van der Waals surface area contributed by atoms with Crippen LogP contribution in [0, 0.1) is 6.92 Å². The molecular formula is C12H11N3O4. The normalized spacial score (nSPS) is 10.2. The van der Waals surface area contributed by atoms with E-state index in [9.17, 15) is 19.5 Å². The highest BCUT2D eigenvalue weighted by atomic mass is 16.3. The second kappa shape index (κ2) is 4.81. The van der Waals surface area contributed by atoms with Crippen molar-refractivity contribution in [3.8, 4) is 5.75 Å². The number of aromatic nitrogens is 2. The highest BCUT2D eigenvalue weighted by molar-refractivity contribution is 6.02. The molecule has 2 aromatic rings. The number of carbonyl (C=O) groups excluding carboxylic acids is 1. The number of rotatable bonds is 2. The average Bonchev–Trinajstić information content (AvgIpc) is 2.32. The first-order valence-electron chi connectivity index (χ1n) is 5.40. The van der Waals surface area contributed by atoms with Gasteiger partial charge in [0.05, 0.1) is 0 Å². The van der Waals surface area contributed by atoms with Crippen molar-refractivity contribution in [1.29, 1.82) is 0 Å². The van der Waals surface area contributed by atoms with Crippen LogP contribution >= 0.6 is 0 Å². The zero-order valence-corrected chi connectivity index (χ0v) is 9.98. The number of aryl methyl sites for hydroxylation is 1. The zero-order chi connectivity index (χ0) is 14.0. The van der Waals surface area contributed by atoms with E-state index < -0.39 is 17.2 Å². The van der Waals surface area contributed by atoms with Crippen LogP contribution in [0.1, 0.15) is 16.1 Å². The van der Waals surface area contributed by atoms with Gasteiger partial charge in [-0.2, -0.15) is 0 Å². The van der Waals surface area contributed by atoms with Crippen LogP contribution < -0.4 is 16.6 Å². The molecule has 2 rings (SSSR count). The third-order valence-electron chi connectivity index (χ3n) is 2.47. The Balaban J connectivity index is 2.27. The summed E-state index contributed by atoms with van der Waals surface area (Å²) in [7, 11) is 0. The minimum atomic E-state index is -0.760. The van der Waals surface area contributed by atoms with E-state index in [1.54, 1.807) is 19.1 Å². The molecule has 0 fully saturated rings. The Kier molecular flexibility index (Phi) is 3.19. The molecule has 98 valence electrons. The molecule has 0 aliphatic carbocycles. The van der Waals surface area contributed by atoms with Crippen molar-refractivity contribution in [2.45, 2.75) is 6.92 Å². The van der Waals surface area contributed by atoms with Crippen LogP contribution in [0.15, 0.2) is 33.9 Å². The molecule has 0 atom stereocenters. The summed E-state index contributed by atoms with van der Waals surface area (Å²) in [6.07, 6.45) is 0. The molecule has 0 aliphatic rings. The van der Waals surface area contributed by atoms with Crippen LogP contribution in [0.25, 0.3) is 0 Å². The Bertz CT molecular complexity index is 717. The van der Waals surface area contributed by atoms with Gasteiger partial charge in [-0.1, -0.05) is 6.07 Å². The van der Waals surface area contributed by atoms with Gasteiger partial charge in [0.25, 0.3) is 11.5 Å². The SMILES string of the molecule is Cc1ccc(NC(=O)c2cc(=O)[nH]c(=O)[nH]2)cc1O. The van der Waals surface area contributed by atoms with Gasteiger partial charge in [0.2, 0.25) is 0 Å². The topological polar surface area (TPSA) is 115 Å². The van der Waals surface area contributed by atoms with Gasteiger partial charge in [-0.05, 0) is 18.6 Å². The Labute approximate surface area is 106 Å². The summed E-state index contributed by atoms with van der Waals surface area (Å²) in [4.78, 5) is 38.1. The summed E-state index contributed by atoms with van der Waals surface area (Å²) in [5.74, 6) is -0.608. The lowest BCUT2D eigenvalue weighted by Gasteiger charge is -2.06. The Hall–Kier alpha value is -2.83. The number of H-pyrrole nitrogens is 2. The number of hydrogen-bond acceptors (Lipinski definition) is 4. The van der Waals surface area contributed by atoms with Crippen molar-refractivity contribution in [1.82, 2.24) is 9.97 Å². The fraction of sp³-hybridized carbons (Fsp3) is 0.0833. The van der Waals surface area contributed by atoms with Crippen molar-refractivity contribution in [2.24, 2.45) is 0 Å². The molecule has 0 aliphatic heterocycles. The predicted molar refractivity (Wildman–Crippen MR) is 68.5 cm³/mol. The monoisotopic (exact) mass is 261 g/mol. The largest absolute Gasteiger partial charge is 0.508 e. The molecule has 1 aromatic heterocycles. The number of benzene rings is 1. The van der Waals surface area contributed by atoms with Gasteiger partial charge in [0.15, 0.2) is 0 Å². The van der Waals surface area contributed by atoms with Gasteiger partial charge in [-0.25, -0.2) is 4.79 Å². The first-order chi connectivity index (χ1) is 8.95. The molecule has 0 unspecified atom stereocenters. The van der Waals surface area contributed by atoms with Crippen LogP contribution in [0.3, 0.4) is 0 Å². The maximum Gasteiger partial charge on any atom is 0.326 e. The maximum atomic E-state index is 11.8. The number of aromatic hydroxyl groups is 1. The van der Waals surface area contributed by atoms with E-state index >= 15 is 0 Å². The van der Waals surface area contributed by atoms with Crippen LogP contribution in [0.5, 0.6) is 5.75 Å². The fourth-order valence-corrected chi connectivity index (χ4v) is 1.48. The summed E-state index contributed by atoms with van der Waals surface area (Å²) in [5, 5.41) is 12.0. The van der Waals surface area contributed by atoms with Gasteiger partial charge in [0, 0.05) is 17.8 Å². The molecule has 7 heteroatoms. The number of amides is 1. The first kappa shape index (κ1) is 12.6. The zero-order valence-electron chi connectivity index (χ0n) is 9.98. The predicted octanol–water partition coefficient (Wildman–Crippen LogP) is 0.330. The second-order valence-corrected chi connectivity index (χ2v) is 3.96. The van der Waals surface area contributed by atoms with Gasteiger partial charge in [-0.3, -0.25) is 14.6 Å². The van der Waals surface area contributed by atoms with E-state index in [0.717, 1.165) is 6.07 Å². The molecule has 1 aromatic carbocycles. The number of carbonyl (C=O) groups is 1. The molecule has 0 radical (unpaired) electrons. The Morgan fingerprint density at radius 1 is 1.21 bits per heavy atom. The van der Waals surface area contributed by atoms with Gasteiger partial charge in [-0.15, -0.1) is 0 Å². The standard InChI is InChI=1S/C12H11N3O4/c1-6-2-3-7(4-9(6)16)13-11(18)8-5-10(17)15-12(19)14-8/h2-5,16H,1H3,(H,13,18)(H2,14,15,17,19). The third-order valence-corrected chi connectivity index (χ3v) is 2.47. The second-order valence-electron chi connectivity index (χ2n) is 3.96. The third kappa shape index (κ3) is 2.89. The molecule has 0 saturated carbocycles. The molecule has 0 saturated heterocycles.